The van der Waals surface area contributed by atoms with Crippen molar-refractivity contribution in [3.05, 3.63) is 0 Å². The van der Waals surface area contributed by atoms with Crippen molar-refractivity contribution >= 4 is 9.84 Å². The highest BCUT2D eigenvalue weighted by atomic mass is 32.2. The first-order valence-corrected chi connectivity index (χ1v) is 6.81. The summed E-state index contributed by atoms with van der Waals surface area (Å²) in [6.07, 6.45) is 9.18. The third kappa shape index (κ3) is 2.73. The molecule has 1 N–H and O–H groups in total. The lowest BCUT2D eigenvalue weighted by Gasteiger charge is -2.21. The van der Waals surface area contributed by atoms with Crippen LogP contribution in [-0.4, -0.2) is 32.0 Å². The van der Waals surface area contributed by atoms with Gasteiger partial charge in [-0.2, -0.15) is 0 Å². The van der Waals surface area contributed by atoms with Crippen molar-refractivity contribution in [3.8, 4) is 12.3 Å². The summed E-state index contributed by atoms with van der Waals surface area (Å²) >= 11 is 0. The summed E-state index contributed by atoms with van der Waals surface area (Å²) in [5.41, 5.74) is 0. The smallest absolute Gasteiger partial charge is 0.151 e. The fourth-order valence-electron chi connectivity index (χ4n) is 2.00. The lowest BCUT2D eigenvalue weighted by atomic mass is 10.2. The van der Waals surface area contributed by atoms with Gasteiger partial charge in [-0.1, -0.05) is 12.3 Å². The molecule has 0 aliphatic heterocycles. The summed E-state index contributed by atoms with van der Waals surface area (Å²) in [5.74, 6) is 2.56. The van der Waals surface area contributed by atoms with E-state index in [4.69, 9.17) is 6.42 Å². The Kier molecular flexibility index (Phi) is 3.57. The van der Waals surface area contributed by atoms with Crippen molar-refractivity contribution in [3.63, 3.8) is 0 Å². The molecule has 0 aromatic heterocycles. The molecule has 80 valence electrons. The minimum Gasteiger partial charge on any atom is -0.300 e. The van der Waals surface area contributed by atoms with Gasteiger partial charge in [0.15, 0.2) is 9.84 Å². The van der Waals surface area contributed by atoms with Crippen molar-refractivity contribution in [2.45, 2.75) is 43.5 Å². The first kappa shape index (κ1) is 11.5. The number of hydrogen-bond acceptors (Lipinski definition) is 3. The van der Waals surface area contributed by atoms with Gasteiger partial charge in [0.1, 0.15) is 0 Å². The third-order valence-electron chi connectivity index (χ3n) is 2.72. The van der Waals surface area contributed by atoms with Crippen molar-refractivity contribution < 1.29 is 8.42 Å². The molecule has 3 atom stereocenters. The molecule has 0 radical (unpaired) electrons. The van der Waals surface area contributed by atoms with E-state index in [-0.39, 0.29) is 17.3 Å². The normalized spacial score (nSPS) is 29.8. The second-order valence-corrected chi connectivity index (χ2v) is 6.22. The highest BCUT2D eigenvalue weighted by molar-refractivity contribution is 7.91. The van der Waals surface area contributed by atoms with Crippen LogP contribution < -0.4 is 5.32 Å². The van der Waals surface area contributed by atoms with Gasteiger partial charge >= 0.3 is 0 Å². The SMILES string of the molecule is C#CC(C)NC1CCCC1S(C)(=O)=O. The number of sulfone groups is 1. The molecule has 4 heteroatoms. The van der Waals surface area contributed by atoms with Crippen LogP contribution in [0.2, 0.25) is 0 Å². The second kappa shape index (κ2) is 4.33. The molecular weight excluding hydrogens is 198 g/mol. The van der Waals surface area contributed by atoms with Crippen molar-refractivity contribution in [2.75, 3.05) is 6.26 Å². The summed E-state index contributed by atoms with van der Waals surface area (Å²) < 4.78 is 22.8. The average molecular weight is 215 g/mol. The van der Waals surface area contributed by atoms with E-state index in [2.05, 4.69) is 11.2 Å². The maximum Gasteiger partial charge on any atom is 0.151 e. The zero-order valence-corrected chi connectivity index (χ0v) is 9.47. The van der Waals surface area contributed by atoms with E-state index in [9.17, 15) is 8.42 Å². The summed E-state index contributed by atoms with van der Waals surface area (Å²) in [5, 5.41) is 2.92. The van der Waals surface area contributed by atoms with Crippen molar-refractivity contribution in [1.82, 2.24) is 5.32 Å². The van der Waals surface area contributed by atoms with Crippen LogP contribution in [0.1, 0.15) is 26.2 Å². The number of nitrogens with one attached hydrogen (secondary N) is 1. The zero-order chi connectivity index (χ0) is 10.8. The molecular formula is C10H17NO2S. The van der Waals surface area contributed by atoms with Gasteiger partial charge in [-0.25, -0.2) is 8.42 Å². The van der Waals surface area contributed by atoms with Crippen LogP contribution in [-0.2, 0) is 9.84 Å². The summed E-state index contributed by atoms with van der Waals surface area (Å²) in [6, 6.07) is -0.0154. The highest BCUT2D eigenvalue weighted by Crippen LogP contribution is 2.25. The molecule has 0 heterocycles. The fourth-order valence-corrected chi connectivity index (χ4v) is 3.40. The zero-order valence-electron chi connectivity index (χ0n) is 8.66. The molecule has 0 aromatic carbocycles. The largest absolute Gasteiger partial charge is 0.300 e. The van der Waals surface area contributed by atoms with Gasteiger partial charge in [0, 0.05) is 12.3 Å². The van der Waals surface area contributed by atoms with Gasteiger partial charge in [0.2, 0.25) is 0 Å². The molecule has 1 aliphatic rings. The molecule has 14 heavy (non-hydrogen) atoms. The molecule has 1 rings (SSSR count). The molecule has 3 nitrogen and oxygen atoms in total. The molecule has 0 spiro atoms. The first-order valence-electron chi connectivity index (χ1n) is 4.86. The van der Waals surface area contributed by atoms with Crippen molar-refractivity contribution in [1.29, 1.82) is 0 Å². The van der Waals surface area contributed by atoms with Crippen LogP contribution in [0, 0.1) is 12.3 Å². The Hall–Kier alpha value is -0.530. The fraction of sp³-hybridized carbons (Fsp3) is 0.800. The Bertz CT molecular complexity index is 329. The summed E-state index contributed by atoms with van der Waals surface area (Å²) in [4.78, 5) is 0. The predicted molar refractivity (Wildman–Crippen MR) is 57.7 cm³/mol. The number of hydrogen-bond donors (Lipinski definition) is 1. The van der Waals surface area contributed by atoms with Gasteiger partial charge in [-0.3, -0.25) is 5.32 Å². The lowest BCUT2D eigenvalue weighted by Crippen LogP contribution is -2.43. The number of terminal acetylenes is 1. The molecule has 1 fully saturated rings. The van der Waals surface area contributed by atoms with Gasteiger partial charge in [-0.05, 0) is 19.8 Å². The van der Waals surface area contributed by atoms with Gasteiger partial charge < -0.3 is 0 Å². The lowest BCUT2D eigenvalue weighted by molar-refractivity contribution is 0.491. The Morgan fingerprint density at radius 3 is 2.64 bits per heavy atom. The molecule has 1 saturated carbocycles. The molecule has 3 unspecified atom stereocenters. The monoisotopic (exact) mass is 215 g/mol. The van der Waals surface area contributed by atoms with E-state index in [1.54, 1.807) is 0 Å². The molecule has 0 saturated heterocycles. The molecule has 1 aliphatic carbocycles. The molecule has 0 bridgehead atoms. The first-order chi connectivity index (χ1) is 6.45. The Morgan fingerprint density at radius 1 is 1.50 bits per heavy atom. The maximum absolute atomic E-state index is 11.4. The number of rotatable bonds is 3. The topological polar surface area (TPSA) is 46.2 Å². The Balaban J connectivity index is 2.66. The second-order valence-electron chi connectivity index (χ2n) is 3.96. The van der Waals surface area contributed by atoms with Crippen LogP contribution in [0.25, 0.3) is 0 Å². The van der Waals surface area contributed by atoms with Crippen molar-refractivity contribution in [2.24, 2.45) is 0 Å². The van der Waals surface area contributed by atoms with Gasteiger partial charge in [0.25, 0.3) is 0 Å². The van der Waals surface area contributed by atoms with E-state index in [1.165, 1.54) is 6.26 Å². The van der Waals surface area contributed by atoms with E-state index in [0.717, 1.165) is 19.3 Å². The van der Waals surface area contributed by atoms with Crippen LogP contribution in [0.5, 0.6) is 0 Å². The Morgan fingerprint density at radius 2 is 2.14 bits per heavy atom. The minimum absolute atomic E-state index is 0.0380. The Labute approximate surface area is 86.2 Å². The predicted octanol–water partition coefficient (Wildman–Crippen LogP) is 0.563. The van der Waals surface area contributed by atoms with E-state index in [0.29, 0.717) is 0 Å². The van der Waals surface area contributed by atoms with E-state index >= 15 is 0 Å². The van der Waals surface area contributed by atoms with E-state index < -0.39 is 9.84 Å². The van der Waals surface area contributed by atoms with Crippen LogP contribution in [0.4, 0.5) is 0 Å². The van der Waals surface area contributed by atoms with Crippen LogP contribution in [0.15, 0.2) is 0 Å². The van der Waals surface area contributed by atoms with Gasteiger partial charge in [0.05, 0.1) is 11.3 Å². The summed E-state index contributed by atoms with van der Waals surface area (Å²) in [7, 11) is -2.94. The van der Waals surface area contributed by atoms with Gasteiger partial charge in [-0.15, -0.1) is 6.42 Å². The quantitative estimate of drug-likeness (QED) is 0.700. The molecule has 0 amide bonds. The third-order valence-corrected chi connectivity index (χ3v) is 4.38. The maximum atomic E-state index is 11.4. The minimum atomic E-state index is -2.94. The van der Waals surface area contributed by atoms with E-state index in [1.807, 2.05) is 6.92 Å². The summed E-state index contributed by atoms with van der Waals surface area (Å²) in [6.45, 7) is 1.87. The highest BCUT2D eigenvalue weighted by Gasteiger charge is 2.34. The molecule has 0 aromatic rings. The van der Waals surface area contributed by atoms with Crippen LogP contribution in [0.3, 0.4) is 0 Å². The average Bonchev–Trinajstić information content (AvgIpc) is 2.51. The standard InChI is InChI=1S/C10H17NO2S/c1-4-8(2)11-9-6-5-7-10(9)14(3,12)13/h1,8-11H,5-7H2,2-3H3. The van der Waals surface area contributed by atoms with Crippen LogP contribution >= 0.6 is 0 Å².